The first kappa shape index (κ1) is 18.8. The number of carbonyl (C=O) groups excluding carboxylic acids is 2. The maximum absolute atomic E-state index is 13.4. The number of halogens is 1. The molecule has 0 unspecified atom stereocenters. The molecule has 1 amide bonds. The summed E-state index contributed by atoms with van der Waals surface area (Å²) < 4.78 is 20.4. The van der Waals surface area contributed by atoms with Crippen molar-refractivity contribution in [3.05, 3.63) is 65.2 Å². The lowest BCUT2D eigenvalue weighted by Crippen LogP contribution is -2.44. The van der Waals surface area contributed by atoms with Crippen molar-refractivity contribution < 1.29 is 18.7 Å². The van der Waals surface area contributed by atoms with Crippen LogP contribution in [-0.4, -0.2) is 39.9 Å². The van der Waals surface area contributed by atoms with Crippen LogP contribution in [0.25, 0.3) is 10.9 Å². The summed E-state index contributed by atoms with van der Waals surface area (Å²) >= 11 is 0. The minimum Gasteiger partial charge on any atom is -0.422 e. The van der Waals surface area contributed by atoms with Crippen LogP contribution < -0.4 is 10.2 Å². The van der Waals surface area contributed by atoms with Crippen molar-refractivity contribution in [3.63, 3.8) is 0 Å². The van der Waals surface area contributed by atoms with Crippen molar-refractivity contribution in [2.75, 3.05) is 13.6 Å². The molecule has 148 valence electrons. The van der Waals surface area contributed by atoms with E-state index in [1.165, 1.54) is 19.1 Å². The molecule has 1 aromatic carbocycles. The van der Waals surface area contributed by atoms with E-state index in [4.69, 9.17) is 4.74 Å². The largest absolute Gasteiger partial charge is 0.422 e. The van der Waals surface area contributed by atoms with E-state index in [0.29, 0.717) is 36.0 Å². The van der Waals surface area contributed by atoms with Crippen LogP contribution in [-0.2, 0) is 17.9 Å². The van der Waals surface area contributed by atoms with Crippen molar-refractivity contribution in [1.29, 1.82) is 0 Å². The maximum atomic E-state index is 13.4. The molecule has 0 radical (unpaired) electrons. The second kappa shape index (κ2) is 7.46. The highest BCUT2D eigenvalue weighted by Gasteiger charge is 2.31. The van der Waals surface area contributed by atoms with Crippen LogP contribution in [0.1, 0.15) is 23.0 Å². The molecule has 8 heteroatoms. The van der Waals surface area contributed by atoms with Crippen molar-refractivity contribution in [2.45, 2.75) is 20.0 Å². The standard InChI is InChI=1S/C21H19FN4O3/c1-13(27)29-19-17-16(4-3-9-24-17)20(23-2)26-11-10-25(21(28)18(19)26)12-14-5-7-15(22)8-6-14/h3-9H,10-12H2,1-2H3. The average Bonchev–Trinajstić information content (AvgIpc) is 2.71. The van der Waals surface area contributed by atoms with Crippen molar-refractivity contribution in [2.24, 2.45) is 4.99 Å². The Bertz CT molecular complexity index is 1180. The highest BCUT2D eigenvalue weighted by Crippen LogP contribution is 2.30. The van der Waals surface area contributed by atoms with Crippen LogP contribution in [0.2, 0.25) is 0 Å². The number of benzene rings is 1. The third-order valence-electron chi connectivity index (χ3n) is 4.83. The molecule has 4 rings (SSSR count). The van der Waals surface area contributed by atoms with Gasteiger partial charge in [0.05, 0.1) is 0 Å². The summed E-state index contributed by atoms with van der Waals surface area (Å²) in [5, 5.41) is 0.704. The molecule has 0 saturated carbocycles. The number of aromatic nitrogens is 2. The van der Waals surface area contributed by atoms with E-state index >= 15 is 0 Å². The van der Waals surface area contributed by atoms with Gasteiger partial charge in [0.25, 0.3) is 5.91 Å². The van der Waals surface area contributed by atoms with Crippen LogP contribution in [0.3, 0.4) is 0 Å². The Kier molecular flexibility index (Phi) is 4.84. The van der Waals surface area contributed by atoms with E-state index in [9.17, 15) is 14.0 Å². The van der Waals surface area contributed by atoms with E-state index in [1.807, 2.05) is 6.07 Å². The summed E-state index contributed by atoms with van der Waals surface area (Å²) in [4.78, 5) is 35.5. The minimum absolute atomic E-state index is 0.134. The molecular weight excluding hydrogens is 375 g/mol. The molecule has 0 N–H and O–H groups in total. The molecule has 0 fully saturated rings. The van der Waals surface area contributed by atoms with Gasteiger partial charge in [-0.3, -0.25) is 19.6 Å². The molecule has 0 aliphatic carbocycles. The van der Waals surface area contributed by atoms with Crippen LogP contribution in [0, 0.1) is 5.82 Å². The smallest absolute Gasteiger partial charge is 0.308 e. The van der Waals surface area contributed by atoms with Crippen LogP contribution in [0.5, 0.6) is 5.75 Å². The number of rotatable bonds is 3. The number of nitrogens with zero attached hydrogens (tertiary/aromatic N) is 4. The van der Waals surface area contributed by atoms with E-state index < -0.39 is 5.97 Å². The number of esters is 1. The van der Waals surface area contributed by atoms with Gasteiger partial charge in [-0.25, -0.2) is 4.39 Å². The van der Waals surface area contributed by atoms with Crippen molar-refractivity contribution >= 4 is 22.8 Å². The van der Waals surface area contributed by atoms with E-state index in [1.54, 1.807) is 40.9 Å². The van der Waals surface area contributed by atoms with E-state index in [-0.39, 0.29) is 23.2 Å². The third-order valence-corrected chi connectivity index (χ3v) is 4.83. The number of hydrogen-bond donors (Lipinski definition) is 0. The van der Waals surface area contributed by atoms with E-state index in [2.05, 4.69) is 9.98 Å². The lowest BCUT2D eigenvalue weighted by atomic mass is 10.1. The Balaban J connectivity index is 1.87. The number of hydrogen-bond acceptors (Lipinski definition) is 5. The zero-order chi connectivity index (χ0) is 20.5. The summed E-state index contributed by atoms with van der Waals surface area (Å²) in [5.74, 6) is -1.03. The molecule has 0 saturated heterocycles. The van der Waals surface area contributed by atoms with Gasteiger partial charge in [0.2, 0.25) is 0 Å². The molecule has 29 heavy (non-hydrogen) atoms. The normalized spacial score (nSPS) is 14.2. The first-order chi connectivity index (χ1) is 14.0. The second-order valence-corrected chi connectivity index (χ2v) is 6.72. The first-order valence-corrected chi connectivity index (χ1v) is 9.16. The highest BCUT2D eigenvalue weighted by atomic mass is 19.1. The SMILES string of the molecule is CN=c1c2cccnc2c(OC(C)=O)c2n1CCN(Cc1ccc(F)cc1)C2=O. The maximum Gasteiger partial charge on any atom is 0.308 e. The zero-order valence-corrected chi connectivity index (χ0v) is 16.1. The Morgan fingerprint density at radius 3 is 2.69 bits per heavy atom. The Hall–Kier alpha value is -3.55. The Morgan fingerprint density at radius 2 is 2.00 bits per heavy atom. The van der Waals surface area contributed by atoms with Gasteiger partial charge in [0.1, 0.15) is 16.8 Å². The number of amides is 1. The van der Waals surface area contributed by atoms with Gasteiger partial charge in [-0.1, -0.05) is 12.1 Å². The molecule has 1 aliphatic heterocycles. The lowest BCUT2D eigenvalue weighted by Gasteiger charge is -2.31. The van der Waals surface area contributed by atoms with Crippen LogP contribution in [0.4, 0.5) is 4.39 Å². The molecule has 0 atom stereocenters. The fraction of sp³-hybridized carbons (Fsp3) is 0.238. The molecule has 7 nitrogen and oxygen atoms in total. The number of pyridine rings is 2. The molecule has 1 aliphatic rings. The van der Waals surface area contributed by atoms with Crippen molar-refractivity contribution in [3.8, 4) is 5.75 Å². The predicted octanol–water partition coefficient (Wildman–Crippen LogP) is 2.29. The summed E-state index contributed by atoms with van der Waals surface area (Å²) in [6, 6.07) is 9.62. The predicted molar refractivity (Wildman–Crippen MR) is 104 cm³/mol. The molecule has 3 aromatic rings. The zero-order valence-electron chi connectivity index (χ0n) is 16.1. The second-order valence-electron chi connectivity index (χ2n) is 6.72. The van der Waals surface area contributed by atoms with Gasteiger partial charge in [-0.2, -0.15) is 0 Å². The summed E-state index contributed by atoms with van der Waals surface area (Å²) in [6.07, 6.45) is 1.58. The molecule has 0 bridgehead atoms. The number of ether oxygens (including phenoxy) is 1. The average molecular weight is 394 g/mol. The Labute approximate surface area is 166 Å². The van der Waals surface area contributed by atoms with Gasteiger partial charge in [-0.15, -0.1) is 0 Å². The summed E-state index contributed by atoms with van der Waals surface area (Å²) in [7, 11) is 1.65. The fourth-order valence-corrected chi connectivity index (χ4v) is 3.60. The fourth-order valence-electron chi connectivity index (χ4n) is 3.60. The summed E-state index contributed by atoms with van der Waals surface area (Å²) in [5.41, 5.74) is 2.06. The minimum atomic E-state index is -0.538. The quantitative estimate of drug-likeness (QED) is 0.639. The van der Waals surface area contributed by atoms with Crippen LogP contribution >= 0.6 is 0 Å². The van der Waals surface area contributed by atoms with Gasteiger partial charge in [0.15, 0.2) is 11.4 Å². The first-order valence-electron chi connectivity index (χ1n) is 9.16. The molecular formula is C21H19FN4O3. The highest BCUT2D eigenvalue weighted by molar-refractivity contribution is 6.02. The van der Waals surface area contributed by atoms with E-state index in [0.717, 1.165) is 5.56 Å². The van der Waals surface area contributed by atoms with Gasteiger partial charge < -0.3 is 14.2 Å². The lowest BCUT2D eigenvalue weighted by molar-refractivity contribution is -0.131. The van der Waals surface area contributed by atoms with Crippen LogP contribution in [0.15, 0.2) is 47.6 Å². The van der Waals surface area contributed by atoms with Gasteiger partial charge >= 0.3 is 5.97 Å². The Morgan fingerprint density at radius 1 is 1.24 bits per heavy atom. The third kappa shape index (κ3) is 3.37. The number of fused-ring (bicyclic) bond motifs is 2. The van der Waals surface area contributed by atoms with Crippen molar-refractivity contribution in [1.82, 2.24) is 14.5 Å². The molecule has 2 aromatic heterocycles. The molecule has 3 heterocycles. The number of carbonyl (C=O) groups is 2. The summed E-state index contributed by atoms with van der Waals surface area (Å²) in [6.45, 7) is 2.53. The topological polar surface area (TPSA) is 76.8 Å². The monoisotopic (exact) mass is 394 g/mol. The van der Waals surface area contributed by atoms with Gasteiger partial charge in [0, 0.05) is 45.2 Å². The molecule has 0 spiro atoms. The van der Waals surface area contributed by atoms with Gasteiger partial charge in [-0.05, 0) is 29.8 Å².